The molecule has 2 aliphatic rings. The van der Waals surface area contributed by atoms with E-state index in [9.17, 15) is 9.59 Å². The second-order valence-corrected chi connectivity index (χ2v) is 34.6. The minimum absolute atomic E-state index is 0.312. The van der Waals surface area contributed by atoms with Crippen molar-refractivity contribution in [3.63, 3.8) is 0 Å². The van der Waals surface area contributed by atoms with E-state index in [1.165, 1.54) is 41.4 Å². The van der Waals surface area contributed by atoms with Gasteiger partial charge in [0.15, 0.2) is 0 Å². The Balaban J connectivity index is 1.31. The standard InChI is InChI=1S/C52H62N2O4S4Si2/c1-9-13-15-17-27-53-49(55)37-29-36(40-24-26-44(62-40)42-22-20-34(60-42)32-64(7,8)12-4)48-46-38(50(56)54(52(48)58)28-18-16-14-10-2)30-35(47(45(37)46)51(53)57)39-23-25-43(61-39)41-21-19-33(59-41)31-63(5,6)11-3/h19-26,29-30H,9-18,27-28,31-32H2,1-8H3. The molecule has 0 saturated heterocycles. The highest BCUT2D eigenvalue weighted by molar-refractivity contribution is 7.24. The van der Waals surface area contributed by atoms with E-state index in [4.69, 9.17) is 0 Å². The van der Waals surface area contributed by atoms with Gasteiger partial charge >= 0.3 is 0 Å². The predicted molar refractivity (Wildman–Crippen MR) is 280 cm³/mol. The van der Waals surface area contributed by atoms with Crippen LogP contribution in [0.3, 0.4) is 0 Å². The fraction of sp³-hybridized carbons (Fsp3) is 0.423. The Bertz CT molecular complexity index is 2570. The number of carbonyl (C=O) groups is 4. The number of hydrogen-bond acceptors (Lipinski definition) is 8. The van der Waals surface area contributed by atoms with Crippen LogP contribution < -0.4 is 0 Å². The summed E-state index contributed by atoms with van der Waals surface area (Å²) in [6.45, 7) is 19.3. The second-order valence-electron chi connectivity index (χ2n) is 19.3. The lowest BCUT2D eigenvalue weighted by Crippen LogP contribution is -2.44. The average molecular weight is 964 g/mol. The first-order valence-electron chi connectivity index (χ1n) is 23.5. The Morgan fingerprint density at radius 3 is 1.16 bits per heavy atom. The highest BCUT2D eigenvalue weighted by Gasteiger charge is 2.43. The number of unbranched alkanes of at least 4 members (excludes halogenated alkanes) is 6. The Kier molecular flexibility index (Phi) is 14.0. The Hall–Kier alpha value is -3.79. The van der Waals surface area contributed by atoms with Gasteiger partial charge in [-0.3, -0.25) is 29.0 Å². The molecule has 4 aromatic heterocycles. The van der Waals surface area contributed by atoms with Gasteiger partial charge in [-0.25, -0.2) is 0 Å². The SMILES string of the molecule is CCCCCCN1C(=O)c2cc(-c3ccc(-c4ccc(C[Si](C)(C)CC)s4)s3)c3c4c(cc(-c5ccc(-c6ccc(C[Si](C)(C)CC)s6)s5)c(c24)C1=O)C(=O)N(CCCCCC)C3=O. The molecule has 8 rings (SSSR count). The summed E-state index contributed by atoms with van der Waals surface area (Å²) in [5.74, 6) is -1.41. The molecule has 0 aliphatic carbocycles. The molecule has 0 atom stereocenters. The fourth-order valence-corrected chi connectivity index (χ4v) is 18.4. The average Bonchev–Trinajstić information content (AvgIpc) is 4.12. The molecule has 0 spiro atoms. The molecule has 4 amide bonds. The fourth-order valence-electron chi connectivity index (χ4n) is 8.98. The number of hydrogen-bond donors (Lipinski definition) is 0. The zero-order valence-corrected chi connectivity index (χ0v) is 44.1. The van der Waals surface area contributed by atoms with Crippen LogP contribution in [-0.2, 0) is 12.1 Å². The van der Waals surface area contributed by atoms with E-state index in [2.05, 4.69) is 102 Å². The minimum atomic E-state index is -1.33. The van der Waals surface area contributed by atoms with Crippen molar-refractivity contribution in [1.29, 1.82) is 0 Å². The summed E-state index contributed by atoms with van der Waals surface area (Å²) in [4.78, 5) is 71.9. The van der Waals surface area contributed by atoms with Gasteiger partial charge in [-0.1, -0.05) is 104 Å². The van der Waals surface area contributed by atoms with E-state index in [0.717, 1.165) is 70.1 Å². The molecule has 0 unspecified atom stereocenters. The van der Waals surface area contributed by atoms with Gasteiger partial charge in [0, 0.05) is 85.1 Å². The van der Waals surface area contributed by atoms with Gasteiger partial charge in [-0.15, -0.1) is 45.3 Å². The summed E-state index contributed by atoms with van der Waals surface area (Å²) >= 11 is 6.93. The van der Waals surface area contributed by atoms with Crippen LogP contribution >= 0.6 is 45.3 Å². The molecule has 0 N–H and O–H groups in total. The van der Waals surface area contributed by atoms with E-state index in [0.29, 0.717) is 70.1 Å². The lowest BCUT2D eigenvalue weighted by atomic mass is 9.80. The zero-order valence-electron chi connectivity index (χ0n) is 38.8. The van der Waals surface area contributed by atoms with Gasteiger partial charge in [0.05, 0.1) is 27.3 Å². The molecule has 336 valence electrons. The molecule has 2 aliphatic heterocycles. The number of amides is 4. The number of rotatable bonds is 20. The molecule has 12 heteroatoms. The van der Waals surface area contributed by atoms with Gasteiger partial charge in [0.25, 0.3) is 23.6 Å². The quantitative estimate of drug-likeness (QED) is 0.0434. The molecular weight excluding hydrogens is 901 g/mol. The van der Waals surface area contributed by atoms with Crippen molar-refractivity contribution in [2.75, 3.05) is 13.1 Å². The monoisotopic (exact) mass is 962 g/mol. The van der Waals surface area contributed by atoms with Crippen LogP contribution in [0.1, 0.15) is 130 Å². The zero-order chi connectivity index (χ0) is 45.5. The number of thiophene rings is 4. The Morgan fingerprint density at radius 2 is 0.781 bits per heavy atom. The van der Waals surface area contributed by atoms with Crippen molar-refractivity contribution in [3.8, 4) is 40.4 Å². The molecule has 0 bridgehead atoms. The maximum atomic E-state index is 15.0. The van der Waals surface area contributed by atoms with Crippen molar-refractivity contribution in [2.24, 2.45) is 0 Å². The minimum Gasteiger partial charge on any atom is -0.274 e. The second kappa shape index (κ2) is 19.2. The number of imide groups is 2. The molecule has 0 radical (unpaired) electrons. The van der Waals surface area contributed by atoms with Crippen LogP contribution in [0.5, 0.6) is 0 Å². The molecule has 0 saturated carbocycles. The van der Waals surface area contributed by atoms with Gasteiger partial charge in [0.2, 0.25) is 0 Å². The van der Waals surface area contributed by atoms with Crippen LogP contribution in [0.15, 0.2) is 60.7 Å². The predicted octanol–water partition coefficient (Wildman–Crippen LogP) is 15.7. The normalized spacial score (nSPS) is 14.2. The van der Waals surface area contributed by atoms with Crippen molar-refractivity contribution >= 4 is 95.9 Å². The smallest absolute Gasteiger partial charge is 0.262 e. The van der Waals surface area contributed by atoms with Gasteiger partial charge in [-0.2, -0.15) is 0 Å². The topological polar surface area (TPSA) is 74.8 Å². The first-order chi connectivity index (χ1) is 30.7. The molecule has 0 fully saturated rings. The van der Waals surface area contributed by atoms with Crippen molar-refractivity contribution in [1.82, 2.24) is 9.80 Å². The number of benzene rings is 2. The van der Waals surface area contributed by atoms with Crippen LogP contribution in [0, 0.1) is 0 Å². The molecule has 6 heterocycles. The number of carbonyl (C=O) groups excluding carboxylic acids is 4. The van der Waals surface area contributed by atoms with Crippen LogP contribution in [0.2, 0.25) is 38.3 Å². The van der Waals surface area contributed by atoms with Crippen molar-refractivity contribution in [2.45, 2.75) is 129 Å². The third kappa shape index (κ3) is 9.16. The molecular formula is C52H62N2O4S4Si2. The number of nitrogens with zero attached hydrogens (tertiary/aromatic N) is 2. The highest BCUT2D eigenvalue weighted by Crippen LogP contribution is 2.50. The molecule has 2 aromatic carbocycles. The van der Waals surface area contributed by atoms with Gasteiger partial charge in [0.1, 0.15) is 0 Å². The lowest BCUT2D eigenvalue weighted by Gasteiger charge is -2.34. The largest absolute Gasteiger partial charge is 0.274 e. The highest BCUT2D eigenvalue weighted by atomic mass is 32.1. The van der Waals surface area contributed by atoms with Crippen LogP contribution in [0.25, 0.3) is 51.2 Å². The lowest BCUT2D eigenvalue weighted by molar-refractivity contribution is 0.0587. The molecule has 6 nitrogen and oxygen atoms in total. The Morgan fingerprint density at radius 1 is 0.422 bits per heavy atom. The van der Waals surface area contributed by atoms with E-state index < -0.39 is 16.1 Å². The Labute approximate surface area is 397 Å². The summed E-state index contributed by atoms with van der Waals surface area (Å²) < 4.78 is 0. The maximum absolute atomic E-state index is 15.0. The van der Waals surface area contributed by atoms with Crippen molar-refractivity contribution < 1.29 is 19.2 Å². The summed E-state index contributed by atoms with van der Waals surface area (Å²) in [6, 6.07) is 25.8. The summed E-state index contributed by atoms with van der Waals surface area (Å²) in [7, 11) is -2.65. The molecule has 64 heavy (non-hydrogen) atoms. The summed E-state index contributed by atoms with van der Waals surface area (Å²) in [5.41, 5.74) is 2.92. The van der Waals surface area contributed by atoms with E-state index in [1.54, 1.807) is 22.7 Å². The maximum Gasteiger partial charge on any atom is 0.262 e. The summed E-state index contributed by atoms with van der Waals surface area (Å²) in [5, 5.41) is 0.891. The van der Waals surface area contributed by atoms with Crippen LogP contribution in [-0.4, -0.2) is 62.7 Å². The molecule has 6 aromatic rings. The third-order valence-electron chi connectivity index (χ3n) is 13.5. The van der Waals surface area contributed by atoms with Crippen LogP contribution in [0.4, 0.5) is 0 Å². The first-order valence-corrected chi connectivity index (χ1v) is 33.6. The first kappa shape index (κ1) is 46.7. The van der Waals surface area contributed by atoms with E-state index in [-0.39, 0.29) is 23.6 Å². The van der Waals surface area contributed by atoms with E-state index >= 15 is 9.59 Å². The van der Waals surface area contributed by atoms with Gasteiger partial charge < -0.3 is 0 Å². The van der Waals surface area contributed by atoms with Gasteiger partial charge in [-0.05, 0) is 85.6 Å². The van der Waals surface area contributed by atoms with E-state index in [1.807, 2.05) is 34.8 Å². The third-order valence-corrected chi connectivity index (χ3v) is 25.3. The summed E-state index contributed by atoms with van der Waals surface area (Å²) in [6.07, 6.45) is 7.38. The van der Waals surface area contributed by atoms with Crippen molar-refractivity contribution in [3.05, 3.63) is 92.7 Å².